The van der Waals surface area contributed by atoms with Crippen LogP contribution in [-0.2, 0) is 19.1 Å². The van der Waals surface area contributed by atoms with Crippen LogP contribution in [0.3, 0.4) is 0 Å². The van der Waals surface area contributed by atoms with Gasteiger partial charge in [0.15, 0.2) is 0 Å². The molecular formula is C25H24F4N4O. The highest BCUT2D eigenvalue weighted by molar-refractivity contribution is 5.92. The van der Waals surface area contributed by atoms with Crippen molar-refractivity contribution in [1.29, 1.82) is 0 Å². The van der Waals surface area contributed by atoms with E-state index in [0.717, 1.165) is 29.9 Å². The van der Waals surface area contributed by atoms with Crippen LogP contribution in [0.1, 0.15) is 39.8 Å². The number of halogens is 4. The van der Waals surface area contributed by atoms with E-state index in [-0.39, 0.29) is 17.6 Å². The number of anilines is 1. The summed E-state index contributed by atoms with van der Waals surface area (Å²) in [6.45, 7) is 2.35. The van der Waals surface area contributed by atoms with Crippen LogP contribution in [0.2, 0.25) is 0 Å². The Labute approximate surface area is 194 Å². The van der Waals surface area contributed by atoms with Crippen molar-refractivity contribution in [3.8, 4) is 0 Å². The lowest BCUT2D eigenvalue weighted by atomic mass is 9.91. The molecule has 3 aromatic rings. The van der Waals surface area contributed by atoms with E-state index in [4.69, 9.17) is 0 Å². The second kappa shape index (κ2) is 8.77. The van der Waals surface area contributed by atoms with Crippen molar-refractivity contribution in [2.24, 2.45) is 0 Å². The molecule has 178 valence electrons. The number of hydrogen-bond donors (Lipinski definition) is 0. The summed E-state index contributed by atoms with van der Waals surface area (Å²) < 4.78 is 54.7. The number of amides is 1. The molecular weight excluding hydrogens is 448 g/mol. The van der Waals surface area contributed by atoms with Gasteiger partial charge in [0, 0.05) is 56.9 Å². The minimum Gasteiger partial charge on any atom is -0.368 e. The average molecular weight is 472 g/mol. The predicted molar refractivity (Wildman–Crippen MR) is 119 cm³/mol. The second-order valence-corrected chi connectivity index (χ2v) is 8.81. The Kier molecular flexibility index (Phi) is 5.79. The zero-order chi connectivity index (χ0) is 23.9. The molecule has 1 saturated heterocycles. The Morgan fingerprint density at radius 2 is 1.76 bits per heavy atom. The van der Waals surface area contributed by atoms with Crippen LogP contribution in [0, 0.1) is 5.82 Å². The normalized spacial score (nSPS) is 18.6. The van der Waals surface area contributed by atoms with Crippen molar-refractivity contribution in [3.05, 3.63) is 83.2 Å². The molecule has 1 aromatic heterocycles. The number of imidazole rings is 1. The Bertz CT molecular complexity index is 1200. The topological polar surface area (TPSA) is 41.4 Å². The molecule has 1 fully saturated rings. The number of carbonyl (C=O) groups is 1. The summed E-state index contributed by atoms with van der Waals surface area (Å²) in [6.07, 6.45) is -1.08. The first-order valence-electron chi connectivity index (χ1n) is 11.3. The van der Waals surface area contributed by atoms with E-state index >= 15 is 0 Å². The van der Waals surface area contributed by atoms with E-state index in [9.17, 15) is 22.4 Å². The van der Waals surface area contributed by atoms with Gasteiger partial charge in [0.2, 0.25) is 0 Å². The molecule has 0 spiro atoms. The molecule has 0 N–H and O–H groups in total. The smallest absolute Gasteiger partial charge is 0.368 e. The van der Waals surface area contributed by atoms with Gasteiger partial charge in [-0.05, 0) is 42.3 Å². The van der Waals surface area contributed by atoms with Crippen LogP contribution in [-0.4, -0.2) is 46.5 Å². The number of piperazine rings is 1. The minimum absolute atomic E-state index is 0.163. The molecule has 0 aliphatic carbocycles. The van der Waals surface area contributed by atoms with Crippen LogP contribution in [0.5, 0.6) is 0 Å². The Hall–Kier alpha value is -3.36. The Morgan fingerprint density at radius 3 is 2.50 bits per heavy atom. The number of alkyl halides is 3. The van der Waals surface area contributed by atoms with Gasteiger partial charge in [-0.15, -0.1) is 0 Å². The third kappa shape index (κ3) is 4.51. The van der Waals surface area contributed by atoms with Crippen molar-refractivity contribution in [2.75, 3.05) is 31.1 Å². The Morgan fingerprint density at radius 1 is 1.00 bits per heavy atom. The molecule has 5 rings (SSSR count). The highest BCUT2D eigenvalue weighted by atomic mass is 19.4. The fraction of sp³-hybridized carbons (Fsp3) is 0.360. The quantitative estimate of drug-likeness (QED) is 0.518. The molecule has 2 aliphatic rings. The summed E-state index contributed by atoms with van der Waals surface area (Å²) in [6, 6.07) is 11.9. The van der Waals surface area contributed by atoms with Crippen LogP contribution in [0.15, 0.2) is 54.7 Å². The number of hydrogen-bond acceptors (Lipinski definition) is 3. The van der Waals surface area contributed by atoms with E-state index in [2.05, 4.69) is 4.98 Å². The lowest BCUT2D eigenvalue weighted by molar-refractivity contribution is -0.137. The standard InChI is InChI=1S/C25H24F4N4O/c26-20-5-1-3-17(13-20)18-7-8-23-30-22(16-33(23)15-18)24(34)32-11-9-31(10-12-32)21-6-2-4-19(14-21)25(27,28)29/h1-6,13-14,16,18H,7-12,15H2. The van der Waals surface area contributed by atoms with Gasteiger partial charge in [0.25, 0.3) is 5.91 Å². The number of carbonyl (C=O) groups excluding carboxylic acids is 1. The van der Waals surface area contributed by atoms with E-state index in [1.165, 1.54) is 12.1 Å². The molecule has 5 nitrogen and oxygen atoms in total. The van der Waals surface area contributed by atoms with Gasteiger partial charge in [0.05, 0.1) is 5.56 Å². The van der Waals surface area contributed by atoms with Gasteiger partial charge in [0.1, 0.15) is 17.3 Å². The van der Waals surface area contributed by atoms with Crippen molar-refractivity contribution in [3.63, 3.8) is 0 Å². The fourth-order valence-corrected chi connectivity index (χ4v) is 4.79. The van der Waals surface area contributed by atoms with E-state index < -0.39 is 11.7 Å². The molecule has 0 bridgehead atoms. The third-order valence-electron chi connectivity index (χ3n) is 6.64. The third-order valence-corrected chi connectivity index (χ3v) is 6.64. The molecule has 9 heteroatoms. The first kappa shape index (κ1) is 22.4. The molecule has 1 atom stereocenters. The SMILES string of the molecule is O=C(c1cn2c(n1)CCC(c1cccc(F)c1)C2)N1CCN(c2cccc(C(F)(F)F)c2)CC1. The van der Waals surface area contributed by atoms with Crippen molar-refractivity contribution >= 4 is 11.6 Å². The van der Waals surface area contributed by atoms with Crippen LogP contribution >= 0.6 is 0 Å². The molecule has 3 heterocycles. The number of fused-ring (bicyclic) bond motifs is 1. The predicted octanol–water partition coefficient (Wildman–Crippen LogP) is 4.73. The van der Waals surface area contributed by atoms with Crippen molar-refractivity contribution in [1.82, 2.24) is 14.5 Å². The summed E-state index contributed by atoms with van der Waals surface area (Å²) in [5.41, 5.74) is 1.15. The summed E-state index contributed by atoms with van der Waals surface area (Å²) in [7, 11) is 0. The highest BCUT2D eigenvalue weighted by Gasteiger charge is 2.32. The lowest BCUT2D eigenvalue weighted by Gasteiger charge is -2.36. The van der Waals surface area contributed by atoms with Crippen LogP contribution < -0.4 is 4.90 Å². The average Bonchev–Trinajstić information content (AvgIpc) is 3.27. The van der Waals surface area contributed by atoms with Gasteiger partial charge in [-0.2, -0.15) is 13.2 Å². The number of benzene rings is 2. The maximum absolute atomic E-state index is 13.6. The zero-order valence-corrected chi connectivity index (χ0v) is 18.4. The lowest BCUT2D eigenvalue weighted by Crippen LogP contribution is -2.49. The minimum atomic E-state index is -4.39. The van der Waals surface area contributed by atoms with Gasteiger partial charge in [-0.25, -0.2) is 9.37 Å². The maximum Gasteiger partial charge on any atom is 0.416 e. The second-order valence-electron chi connectivity index (χ2n) is 8.81. The molecule has 2 aromatic carbocycles. The molecule has 1 amide bonds. The fourth-order valence-electron chi connectivity index (χ4n) is 4.79. The number of rotatable bonds is 3. The monoisotopic (exact) mass is 472 g/mol. The molecule has 1 unspecified atom stereocenters. The molecule has 2 aliphatic heterocycles. The first-order valence-corrected chi connectivity index (χ1v) is 11.3. The number of aromatic nitrogens is 2. The maximum atomic E-state index is 13.6. The molecule has 0 saturated carbocycles. The van der Waals surface area contributed by atoms with Crippen molar-refractivity contribution < 1.29 is 22.4 Å². The first-order chi connectivity index (χ1) is 16.3. The summed E-state index contributed by atoms with van der Waals surface area (Å²) in [5, 5.41) is 0. The van der Waals surface area contributed by atoms with Gasteiger partial charge >= 0.3 is 6.18 Å². The summed E-state index contributed by atoms with van der Waals surface area (Å²) >= 11 is 0. The van der Waals surface area contributed by atoms with E-state index in [1.54, 1.807) is 29.3 Å². The number of nitrogens with zero attached hydrogens (tertiary/aromatic N) is 4. The molecule has 34 heavy (non-hydrogen) atoms. The number of aryl methyl sites for hydroxylation is 1. The van der Waals surface area contributed by atoms with Crippen LogP contribution in [0.4, 0.5) is 23.2 Å². The summed E-state index contributed by atoms with van der Waals surface area (Å²) in [4.78, 5) is 21.2. The Balaban J connectivity index is 1.23. The highest BCUT2D eigenvalue weighted by Crippen LogP contribution is 2.32. The van der Waals surface area contributed by atoms with Gasteiger partial charge in [-0.3, -0.25) is 4.79 Å². The van der Waals surface area contributed by atoms with E-state index in [0.29, 0.717) is 50.5 Å². The van der Waals surface area contributed by atoms with E-state index in [1.807, 2.05) is 15.5 Å². The molecule has 0 radical (unpaired) electrons. The summed E-state index contributed by atoms with van der Waals surface area (Å²) in [5.74, 6) is 0.580. The zero-order valence-electron chi connectivity index (χ0n) is 18.4. The van der Waals surface area contributed by atoms with Crippen molar-refractivity contribution in [2.45, 2.75) is 31.5 Å². The van der Waals surface area contributed by atoms with Gasteiger partial charge < -0.3 is 14.4 Å². The largest absolute Gasteiger partial charge is 0.416 e. The van der Waals surface area contributed by atoms with Crippen LogP contribution in [0.25, 0.3) is 0 Å². The van der Waals surface area contributed by atoms with Gasteiger partial charge in [-0.1, -0.05) is 18.2 Å².